The Kier molecular flexibility index (Phi) is 6.44. The van der Waals surface area contributed by atoms with E-state index < -0.39 is 0 Å². The Bertz CT molecular complexity index is 178. The first-order valence-electron chi connectivity index (χ1n) is 5.89. The van der Waals surface area contributed by atoms with E-state index in [0.717, 1.165) is 25.7 Å². The van der Waals surface area contributed by atoms with Crippen molar-refractivity contribution in [3.63, 3.8) is 0 Å². The summed E-state index contributed by atoms with van der Waals surface area (Å²) in [6.07, 6.45) is 9.93. The van der Waals surface area contributed by atoms with Crippen LogP contribution >= 0.6 is 0 Å². The Morgan fingerprint density at radius 2 is 2.13 bits per heavy atom. The number of rotatable bonds is 7. The standard InChI is InChI=1S/C12H22O3/c1-11(13)7-4-2-3-5-8-12-14-9-6-10-15-12/h6,9,11-13H,2-5,7-8,10H2,1H3. The largest absolute Gasteiger partial charge is 0.473 e. The fraction of sp³-hybridized carbons (Fsp3) is 0.833. The van der Waals surface area contributed by atoms with E-state index in [1.807, 2.05) is 13.0 Å². The molecule has 0 aromatic carbocycles. The average molecular weight is 214 g/mol. The summed E-state index contributed by atoms with van der Waals surface area (Å²) < 4.78 is 10.7. The van der Waals surface area contributed by atoms with Gasteiger partial charge < -0.3 is 14.6 Å². The normalized spacial score (nSPS) is 22.4. The van der Waals surface area contributed by atoms with Crippen molar-refractivity contribution >= 4 is 0 Å². The van der Waals surface area contributed by atoms with E-state index >= 15 is 0 Å². The molecule has 3 nitrogen and oxygen atoms in total. The van der Waals surface area contributed by atoms with Crippen LogP contribution in [0.15, 0.2) is 12.3 Å². The van der Waals surface area contributed by atoms with Gasteiger partial charge in [-0.15, -0.1) is 0 Å². The zero-order valence-corrected chi connectivity index (χ0v) is 9.52. The summed E-state index contributed by atoms with van der Waals surface area (Å²) in [6.45, 7) is 2.52. The van der Waals surface area contributed by atoms with Crippen LogP contribution in [0.3, 0.4) is 0 Å². The van der Waals surface area contributed by atoms with Gasteiger partial charge >= 0.3 is 0 Å². The van der Waals surface area contributed by atoms with Crippen LogP contribution in [0, 0.1) is 0 Å². The summed E-state index contributed by atoms with van der Waals surface area (Å²) >= 11 is 0. The molecule has 1 heterocycles. The van der Waals surface area contributed by atoms with Gasteiger partial charge in [0.2, 0.25) is 0 Å². The first-order chi connectivity index (χ1) is 7.29. The van der Waals surface area contributed by atoms with Gasteiger partial charge in [0.15, 0.2) is 6.29 Å². The minimum absolute atomic E-state index is 0.0354. The molecule has 1 aliphatic heterocycles. The lowest BCUT2D eigenvalue weighted by molar-refractivity contribution is -0.115. The molecule has 0 spiro atoms. The van der Waals surface area contributed by atoms with Crippen LogP contribution < -0.4 is 0 Å². The third kappa shape index (κ3) is 6.52. The molecular formula is C12H22O3. The third-order valence-corrected chi connectivity index (χ3v) is 2.52. The number of aliphatic hydroxyl groups excluding tert-OH is 1. The second-order valence-corrected chi connectivity index (χ2v) is 4.11. The maximum Gasteiger partial charge on any atom is 0.199 e. The monoisotopic (exact) mass is 214 g/mol. The molecule has 0 amide bonds. The van der Waals surface area contributed by atoms with Gasteiger partial charge in [-0.05, 0) is 25.8 Å². The summed E-state index contributed by atoms with van der Waals surface area (Å²) in [6, 6.07) is 0. The van der Waals surface area contributed by atoms with Crippen molar-refractivity contribution in [3.8, 4) is 0 Å². The van der Waals surface area contributed by atoms with Gasteiger partial charge in [0.25, 0.3) is 0 Å². The molecule has 1 N–H and O–H groups in total. The highest BCUT2D eigenvalue weighted by molar-refractivity contribution is 4.77. The van der Waals surface area contributed by atoms with Gasteiger partial charge in [-0.2, -0.15) is 0 Å². The summed E-state index contributed by atoms with van der Waals surface area (Å²) in [5, 5.41) is 9.07. The fourth-order valence-electron chi connectivity index (χ4n) is 1.64. The van der Waals surface area contributed by atoms with Crippen molar-refractivity contribution in [1.82, 2.24) is 0 Å². The van der Waals surface area contributed by atoms with E-state index in [4.69, 9.17) is 14.6 Å². The molecule has 1 rings (SSSR count). The number of hydrogen-bond acceptors (Lipinski definition) is 3. The molecule has 0 aromatic heterocycles. The smallest absolute Gasteiger partial charge is 0.199 e. The highest BCUT2D eigenvalue weighted by Gasteiger charge is 2.09. The van der Waals surface area contributed by atoms with Gasteiger partial charge in [0.05, 0.1) is 19.0 Å². The Morgan fingerprint density at radius 3 is 2.80 bits per heavy atom. The molecule has 2 atom stereocenters. The molecule has 3 heteroatoms. The molecular weight excluding hydrogens is 192 g/mol. The molecule has 0 aliphatic carbocycles. The number of hydrogen-bond donors (Lipinski definition) is 1. The predicted molar refractivity (Wildman–Crippen MR) is 59.3 cm³/mol. The minimum atomic E-state index is -0.153. The highest BCUT2D eigenvalue weighted by atomic mass is 16.7. The molecule has 0 radical (unpaired) electrons. The van der Waals surface area contributed by atoms with Crippen molar-refractivity contribution in [2.24, 2.45) is 0 Å². The van der Waals surface area contributed by atoms with E-state index in [9.17, 15) is 0 Å². The second-order valence-electron chi connectivity index (χ2n) is 4.11. The highest BCUT2D eigenvalue weighted by Crippen LogP contribution is 2.13. The van der Waals surface area contributed by atoms with Crippen LogP contribution in [-0.4, -0.2) is 24.1 Å². The first-order valence-corrected chi connectivity index (χ1v) is 5.89. The molecule has 15 heavy (non-hydrogen) atoms. The predicted octanol–water partition coefficient (Wildman–Crippen LogP) is 2.59. The topological polar surface area (TPSA) is 38.7 Å². The van der Waals surface area contributed by atoms with Gasteiger partial charge in [0, 0.05) is 6.42 Å². The van der Waals surface area contributed by atoms with Crippen LogP contribution in [0.25, 0.3) is 0 Å². The van der Waals surface area contributed by atoms with Crippen LogP contribution in [0.1, 0.15) is 45.4 Å². The van der Waals surface area contributed by atoms with Gasteiger partial charge in [0.1, 0.15) is 0 Å². The quantitative estimate of drug-likeness (QED) is 0.662. The lowest BCUT2D eigenvalue weighted by atomic mass is 10.1. The second kappa shape index (κ2) is 7.71. The summed E-state index contributed by atoms with van der Waals surface area (Å²) in [4.78, 5) is 0. The number of unbranched alkanes of at least 4 members (excludes halogenated alkanes) is 3. The van der Waals surface area contributed by atoms with E-state index in [1.54, 1.807) is 6.26 Å². The van der Waals surface area contributed by atoms with Crippen molar-refractivity contribution in [2.75, 3.05) is 6.61 Å². The van der Waals surface area contributed by atoms with Gasteiger partial charge in [-0.1, -0.05) is 19.3 Å². The lowest BCUT2D eigenvalue weighted by Gasteiger charge is -2.19. The van der Waals surface area contributed by atoms with Crippen LogP contribution in [0.4, 0.5) is 0 Å². The van der Waals surface area contributed by atoms with E-state index in [0.29, 0.717) is 6.61 Å². The van der Waals surface area contributed by atoms with Crippen LogP contribution in [-0.2, 0) is 9.47 Å². The first kappa shape index (κ1) is 12.5. The fourth-order valence-corrected chi connectivity index (χ4v) is 1.64. The summed E-state index contributed by atoms with van der Waals surface area (Å²) in [5.41, 5.74) is 0. The average Bonchev–Trinajstić information content (AvgIpc) is 2.24. The Hall–Kier alpha value is -0.540. The third-order valence-electron chi connectivity index (χ3n) is 2.52. The van der Waals surface area contributed by atoms with Gasteiger partial charge in [-0.3, -0.25) is 0 Å². The number of ether oxygens (including phenoxy) is 2. The Morgan fingerprint density at radius 1 is 1.33 bits per heavy atom. The Labute approximate surface area is 92.1 Å². The summed E-state index contributed by atoms with van der Waals surface area (Å²) in [7, 11) is 0. The van der Waals surface area contributed by atoms with E-state index in [1.165, 1.54) is 12.8 Å². The van der Waals surface area contributed by atoms with Crippen molar-refractivity contribution < 1.29 is 14.6 Å². The summed E-state index contributed by atoms with van der Waals surface area (Å²) in [5.74, 6) is 0. The lowest BCUT2D eigenvalue weighted by Crippen LogP contribution is -2.17. The van der Waals surface area contributed by atoms with Crippen LogP contribution in [0.2, 0.25) is 0 Å². The number of aliphatic hydroxyl groups is 1. The molecule has 88 valence electrons. The SMILES string of the molecule is CC(O)CCCCCCC1OC=CCO1. The van der Waals surface area contributed by atoms with Crippen molar-refractivity contribution in [3.05, 3.63) is 12.3 Å². The van der Waals surface area contributed by atoms with Gasteiger partial charge in [-0.25, -0.2) is 0 Å². The molecule has 0 bridgehead atoms. The van der Waals surface area contributed by atoms with Crippen molar-refractivity contribution in [2.45, 2.75) is 57.8 Å². The molecule has 0 fully saturated rings. The molecule has 0 saturated heterocycles. The van der Waals surface area contributed by atoms with Crippen LogP contribution in [0.5, 0.6) is 0 Å². The molecule has 0 saturated carbocycles. The van der Waals surface area contributed by atoms with E-state index in [2.05, 4.69) is 0 Å². The maximum atomic E-state index is 9.07. The molecule has 0 aromatic rings. The van der Waals surface area contributed by atoms with E-state index in [-0.39, 0.29) is 12.4 Å². The maximum absolute atomic E-state index is 9.07. The molecule has 1 aliphatic rings. The zero-order chi connectivity index (χ0) is 10.9. The van der Waals surface area contributed by atoms with Crippen molar-refractivity contribution in [1.29, 1.82) is 0 Å². The zero-order valence-electron chi connectivity index (χ0n) is 9.52. The minimum Gasteiger partial charge on any atom is -0.473 e. The molecule has 2 unspecified atom stereocenters. The Balaban J connectivity index is 1.86.